The number of fused-ring (bicyclic) bond motifs is 2. The zero-order chi connectivity index (χ0) is 15.1. The molecule has 21 heavy (non-hydrogen) atoms. The highest BCUT2D eigenvalue weighted by atomic mass is 19.1. The summed E-state index contributed by atoms with van der Waals surface area (Å²) < 4.78 is 13.9. The standard InChI is InChI=1S/C15H20FN3O2/c1-18-9-2-3-10(18)8-19(5-4-9)14-7-12(16)11(15(20)21)6-13(14)17/h6-7,9-10H,2-5,8,17H2,1H3,(H,20,21). The van der Waals surface area contributed by atoms with Gasteiger partial charge >= 0.3 is 5.97 Å². The molecule has 5 nitrogen and oxygen atoms in total. The van der Waals surface area contributed by atoms with E-state index in [9.17, 15) is 9.18 Å². The third-order valence-corrected chi connectivity index (χ3v) is 4.84. The quantitative estimate of drug-likeness (QED) is 0.813. The summed E-state index contributed by atoms with van der Waals surface area (Å²) in [4.78, 5) is 15.4. The van der Waals surface area contributed by atoms with Crippen LogP contribution in [0, 0.1) is 5.82 Å². The van der Waals surface area contributed by atoms with E-state index in [0.29, 0.717) is 23.5 Å². The van der Waals surface area contributed by atoms with E-state index in [-0.39, 0.29) is 5.56 Å². The number of aromatic carboxylic acids is 1. The minimum atomic E-state index is -1.29. The van der Waals surface area contributed by atoms with E-state index in [1.807, 2.05) is 0 Å². The van der Waals surface area contributed by atoms with Gasteiger partial charge in [-0.15, -0.1) is 0 Å². The highest BCUT2D eigenvalue weighted by molar-refractivity contribution is 5.91. The SMILES string of the molecule is CN1C2CCC1CN(c1cc(F)c(C(=O)O)cc1N)CC2. The lowest BCUT2D eigenvalue weighted by Crippen LogP contribution is -2.37. The molecule has 114 valence electrons. The predicted molar refractivity (Wildman–Crippen MR) is 79.2 cm³/mol. The Balaban J connectivity index is 1.90. The summed E-state index contributed by atoms with van der Waals surface area (Å²) in [6.45, 7) is 1.63. The molecule has 2 heterocycles. The van der Waals surface area contributed by atoms with Crippen molar-refractivity contribution in [1.82, 2.24) is 4.90 Å². The first-order chi connectivity index (χ1) is 9.97. The molecule has 2 atom stereocenters. The monoisotopic (exact) mass is 293 g/mol. The molecule has 0 aliphatic carbocycles. The normalized spacial score (nSPS) is 25.9. The zero-order valence-electron chi connectivity index (χ0n) is 12.1. The van der Waals surface area contributed by atoms with Crippen LogP contribution in [-0.2, 0) is 0 Å². The van der Waals surface area contributed by atoms with Crippen LogP contribution in [0.5, 0.6) is 0 Å². The zero-order valence-corrected chi connectivity index (χ0v) is 12.1. The fraction of sp³-hybridized carbons (Fsp3) is 0.533. The fourth-order valence-electron chi connectivity index (χ4n) is 3.54. The molecule has 0 amide bonds. The molecule has 2 unspecified atom stereocenters. The maximum absolute atomic E-state index is 13.9. The Kier molecular flexibility index (Phi) is 3.49. The van der Waals surface area contributed by atoms with Crippen LogP contribution in [0.1, 0.15) is 29.6 Å². The van der Waals surface area contributed by atoms with Gasteiger partial charge in [-0.2, -0.15) is 0 Å². The number of halogens is 1. The number of anilines is 2. The molecular weight excluding hydrogens is 273 g/mol. The Bertz CT molecular complexity index is 578. The van der Waals surface area contributed by atoms with Crippen LogP contribution in [0.2, 0.25) is 0 Å². The number of nitrogen functional groups attached to an aromatic ring is 1. The number of likely N-dealkylation sites (N-methyl/N-ethyl adjacent to an activating group) is 1. The van der Waals surface area contributed by atoms with Crippen LogP contribution in [0.25, 0.3) is 0 Å². The maximum Gasteiger partial charge on any atom is 0.338 e. The summed E-state index contributed by atoms with van der Waals surface area (Å²) in [5, 5.41) is 8.94. The molecule has 0 saturated carbocycles. The second kappa shape index (κ2) is 5.18. The van der Waals surface area contributed by atoms with Gasteiger partial charge in [0.15, 0.2) is 0 Å². The lowest BCUT2D eigenvalue weighted by molar-refractivity contribution is 0.0692. The molecule has 3 N–H and O–H groups in total. The predicted octanol–water partition coefficient (Wildman–Crippen LogP) is 1.78. The molecule has 2 fully saturated rings. The van der Waals surface area contributed by atoms with Crippen LogP contribution >= 0.6 is 0 Å². The number of carboxylic acids is 1. The number of rotatable bonds is 2. The van der Waals surface area contributed by atoms with Crippen molar-refractivity contribution < 1.29 is 14.3 Å². The number of hydrogen-bond acceptors (Lipinski definition) is 4. The van der Waals surface area contributed by atoms with E-state index in [0.717, 1.165) is 25.9 Å². The molecule has 2 saturated heterocycles. The van der Waals surface area contributed by atoms with Gasteiger partial charge < -0.3 is 15.7 Å². The highest BCUT2D eigenvalue weighted by Gasteiger charge is 2.35. The molecule has 3 rings (SSSR count). The maximum atomic E-state index is 13.9. The van der Waals surface area contributed by atoms with Crippen LogP contribution in [0.3, 0.4) is 0 Å². The first-order valence-electron chi connectivity index (χ1n) is 7.26. The third kappa shape index (κ3) is 2.44. The van der Waals surface area contributed by atoms with Gasteiger partial charge in [0.2, 0.25) is 0 Å². The van der Waals surface area contributed by atoms with E-state index in [1.165, 1.54) is 18.6 Å². The Labute approximate surface area is 123 Å². The molecule has 0 spiro atoms. The lowest BCUT2D eigenvalue weighted by atomic mass is 10.1. The Morgan fingerprint density at radius 1 is 1.33 bits per heavy atom. The molecule has 0 radical (unpaired) electrons. The van der Waals surface area contributed by atoms with Crippen LogP contribution in [0.15, 0.2) is 12.1 Å². The number of nitrogens with zero attached hydrogens (tertiary/aromatic N) is 2. The average Bonchev–Trinajstić information content (AvgIpc) is 2.66. The minimum absolute atomic E-state index is 0.328. The molecule has 2 aliphatic rings. The second-order valence-electron chi connectivity index (χ2n) is 5.98. The van der Waals surface area contributed by atoms with Crippen molar-refractivity contribution in [3.63, 3.8) is 0 Å². The van der Waals surface area contributed by atoms with Gasteiger partial charge in [-0.1, -0.05) is 0 Å². The number of nitrogens with two attached hydrogens (primary N) is 1. The summed E-state index contributed by atoms with van der Waals surface area (Å²) in [6, 6.07) is 3.53. The van der Waals surface area contributed by atoms with E-state index >= 15 is 0 Å². The molecule has 1 aromatic rings. The Morgan fingerprint density at radius 3 is 2.76 bits per heavy atom. The molecular formula is C15H20FN3O2. The van der Waals surface area contributed by atoms with Crippen molar-refractivity contribution in [3.8, 4) is 0 Å². The number of benzene rings is 1. The van der Waals surface area contributed by atoms with Crippen LogP contribution < -0.4 is 10.6 Å². The number of hydrogen-bond donors (Lipinski definition) is 2. The Morgan fingerprint density at radius 2 is 2.05 bits per heavy atom. The van der Waals surface area contributed by atoms with Crippen molar-refractivity contribution in [3.05, 3.63) is 23.5 Å². The first-order valence-corrected chi connectivity index (χ1v) is 7.26. The summed E-state index contributed by atoms with van der Waals surface area (Å²) in [6.07, 6.45) is 3.39. The molecule has 2 bridgehead atoms. The van der Waals surface area contributed by atoms with Crippen LogP contribution in [0.4, 0.5) is 15.8 Å². The fourth-order valence-corrected chi connectivity index (χ4v) is 3.54. The van der Waals surface area contributed by atoms with Crippen molar-refractivity contribution in [2.45, 2.75) is 31.3 Å². The molecule has 1 aromatic carbocycles. The van der Waals surface area contributed by atoms with Crippen molar-refractivity contribution in [1.29, 1.82) is 0 Å². The molecule has 2 aliphatic heterocycles. The second-order valence-corrected chi connectivity index (χ2v) is 5.98. The van der Waals surface area contributed by atoms with E-state index in [4.69, 9.17) is 10.8 Å². The van der Waals surface area contributed by atoms with Gasteiger partial charge in [0.25, 0.3) is 0 Å². The van der Waals surface area contributed by atoms with Crippen molar-refractivity contribution in [2.75, 3.05) is 30.8 Å². The van der Waals surface area contributed by atoms with Gasteiger partial charge in [0, 0.05) is 31.2 Å². The first kappa shape index (κ1) is 14.1. The highest BCUT2D eigenvalue weighted by Crippen LogP contribution is 2.33. The number of carboxylic acid groups (broad SMARTS) is 1. The van der Waals surface area contributed by atoms with Crippen LogP contribution in [-0.4, -0.2) is 48.2 Å². The van der Waals surface area contributed by atoms with Crippen molar-refractivity contribution >= 4 is 17.3 Å². The van der Waals surface area contributed by atoms with E-state index < -0.39 is 11.8 Å². The lowest BCUT2D eigenvalue weighted by Gasteiger charge is -2.28. The largest absolute Gasteiger partial charge is 0.478 e. The molecule has 0 aromatic heterocycles. The number of carbonyl (C=O) groups is 1. The smallest absolute Gasteiger partial charge is 0.338 e. The minimum Gasteiger partial charge on any atom is -0.478 e. The van der Waals surface area contributed by atoms with Gasteiger partial charge in [0.05, 0.1) is 16.9 Å². The van der Waals surface area contributed by atoms with Gasteiger partial charge in [0.1, 0.15) is 5.82 Å². The third-order valence-electron chi connectivity index (χ3n) is 4.84. The summed E-state index contributed by atoms with van der Waals surface area (Å²) in [7, 11) is 2.14. The van der Waals surface area contributed by atoms with Crippen molar-refractivity contribution in [2.24, 2.45) is 0 Å². The Hall–Kier alpha value is -1.82. The summed E-state index contributed by atoms with van der Waals surface area (Å²) in [5.41, 5.74) is 6.52. The summed E-state index contributed by atoms with van der Waals surface area (Å²) >= 11 is 0. The topological polar surface area (TPSA) is 69.8 Å². The van der Waals surface area contributed by atoms with Gasteiger partial charge in [-0.3, -0.25) is 4.90 Å². The average molecular weight is 293 g/mol. The van der Waals surface area contributed by atoms with E-state index in [1.54, 1.807) is 0 Å². The molecule has 6 heteroatoms. The van der Waals surface area contributed by atoms with E-state index in [2.05, 4.69) is 16.8 Å². The van der Waals surface area contributed by atoms with Gasteiger partial charge in [-0.25, -0.2) is 9.18 Å². The summed E-state index contributed by atoms with van der Waals surface area (Å²) in [5.74, 6) is -2.02. The van der Waals surface area contributed by atoms with Gasteiger partial charge in [-0.05, 0) is 32.4 Å².